The minimum absolute atomic E-state index is 0.0191. The van der Waals surface area contributed by atoms with Gasteiger partial charge in [0.15, 0.2) is 11.6 Å². The fourth-order valence-corrected chi connectivity index (χ4v) is 8.98. The summed E-state index contributed by atoms with van der Waals surface area (Å²) in [5.74, 6) is -1.69. The number of allylic oxidation sites excluding steroid dienone is 2. The summed E-state index contributed by atoms with van der Waals surface area (Å²) in [5, 5.41) is 9.65. The molecular formula is C49H49F2N5O5S. The molecule has 0 saturated heterocycles. The van der Waals surface area contributed by atoms with Crippen LogP contribution in [0.1, 0.15) is 73.9 Å². The maximum atomic E-state index is 16.7. The van der Waals surface area contributed by atoms with Crippen LogP contribution >= 0.6 is 0 Å². The first-order valence-corrected chi connectivity index (χ1v) is 21.8. The molecule has 7 aromatic rings. The zero-order chi connectivity index (χ0) is 44.2. The lowest BCUT2D eigenvalue weighted by molar-refractivity contribution is -0.143. The molecule has 0 bridgehead atoms. The van der Waals surface area contributed by atoms with Crippen molar-refractivity contribution in [1.29, 1.82) is 0 Å². The number of hydrogen-bond acceptors (Lipinski definition) is 7. The van der Waals surface area contributed by atoms with E-state index in [1.807, 2.05) is 43.5 Å². The Morgan fingerprint density at radius 3 is 2.48 bits per heavy atom. The van der Waals surface area contributed by atoms with Crippen LogP contribution in [0.15, 0.2) is 140 Å². The predicted octanol–water partition coefficient (Wildman–Crippen LogP) is 10.9. The van der Waals surface area contributed by atoms with E-state index < -0.39 is 21.7 Å². The Morgan fingerprint density at radius 1 is 0.952 bits per heavy atom. The number of nitrogens with zero attached hydrogens (tertiary/aromatic N) is 5. The second kappa shape index (κ2) is 18.2. The lowest BCUT2D eigenvalue weighted by Gasteiger charge is -2.21. The molecule has 0 amide bonds. The number of carbonyl (C=O) groups excluding carboxylic acids is 1. The van der Waals surface area contributed by atoms with Crippen molar-refractivity contribution in [2.45, 2.75) is 76.3 Å². The minimum Gasteiger partial charge on any atom is -0.466 e. The smallest absolute Gasteiger partial charge is 0.306 e. The van der Waals surface area contributed by atoms with E-state index in [1.54, 1.807) is 59.0 Å². The number of aromatic nitrogens is 5. The number of esters is 1. The van der Waals surface area contributed by atoms with Crippen LogP contribution in [0.3, 0.4) is 0 Å². The Labute approximate surface area is 360 Å². The first kappa shape index (κ1) is 43.5. The topological polar surface area (TPSA) is 110 Å². The number of ether oxygens (including phenoxy) is 2. The lowest BCUT2D eigenvalue weighted by atomic mass is 9.84. The molecule has 3 heterocycles. The highest BCUT2D eigenvalue weighted by Gasteiger charge is 2.27. The summed E-state index contributed by atoms with van der Waals surface area (Å²) in [7, 11) is -4.12. The molecule has 7 rings (SSSR count). The lowest BCUT2D eigenvalue weighted by Crippen LogP contribution is -2.15. The largest absolute Gasteiger partial charge is 0.466 e. The van der Waals surface area contributed by atoms with Crippen LogP contribution in [0.4, 0.5) is 8.78 Å². The molecule has 13 heteroatoms. The Kier molecular flexibility index (Phi) is 12.7. The van der Waals surface area contributed by atoms with Crippen LogP contribution in [0, 0.1) is 18.6 Å². The van der Waals surface area contributed by atoms with Crippen molar-refractivity contribution in [2.75, 3.05) is 6.61 Å². The fraction of sp³-hybridized carbons (Fsp3) is 0.245. The van der Waals surface area contributed by atoms with Gasteiger partial charge in [-0.1, -0.05) is 68.0 Å². The maximum absolute atomic E-state index is 16.7. The Morgan fingerprint density at radius 2 is 1.74 bits per heavy atom. The molecule has 320 valence electrons. The van der Waals surface area contributed by atoms with Crippen molar-refractivity contribution < 1.29 is 31.5 Å². The summed E-state index contributed by atoms with van der Waals surface area (Å²) < 4.78 is 76.6. The van der Waals surface area contributed by atoms with Crippen LogP contribution in [0.2, 0.25) is 0 Å². The fourth-order valence-electron chi connectivity index (χ4n) is 7.64. The monoisotopic (exact) mass is 857 g/mol. The number of aryl methyl sites for hydroxylation is 2. The molecule has 1 unspecified atom stereocenters. The summed E-state index contributed by atoms with van der Waals surface area (Å²) in [6.45, 7) is 16.0. The SMILES string of the molecule is C=CCC(c1cccc(CCC(=O)OCC)c1)n1nccc1-c1cc(Oc2c(F)cc3c(ccn3S(=O)(=O)c3ccc(C)cc3)c2Cn2cc(C(C)(C)CC=C)cn2)ccc1F. The number of carbonyl (C=O) groups is 1. The molecule has 0 spiro atoms. The van der Waals surface area contributed by atoms with E-state index in [2.05, 4.69) is 37.2 Å². The van der Waals surface area contributed by atoms with Crippen molar-refractivity contribution in [3.63, 3.8) is 0 Å². The summed E-state index contributed by atoms with van der Waals surface area (Å²) in [5.41, 5.74) is 4.42. The first-order valence-electron chi connectivity index (χ1n) is 20.4. The highest BCUT2D eigenvalue weighted by molar-refractivity contribution is 7.90. The zero-order valence-electron chi connectivity index (χ0n) is 35.2. The molecule has 62 heavy (non-hydrogen) atoms. The zero-order valence-corrected chi connectivity index (χ0v) is 36.0. The van der Waals surface area contributed by atoms with Gasteiger partial charge in [-0.15, -0.1) is 13.2 Å². The Hall–Kier alpha value is -6.60. The number of benzene rings is 4. The summed E-state index contributed by atoms with van der Waals surface area (Å²) in [4.78, 5) is 12.1. The predicted molar refractivity (Wildman–Crippen MR) is 237 cm³/mol. The molecule has 10 nitrogen and oxygen atoms in total. The minimum atomic E-state index is -4.12. The van der Waals surface area contributed by atoms with Gasteiger partial charge in [0.05, 0.1) is 41.5 Å². The average molecular weight is 858 g/mol. The molecule has 0 saturated carbocycles. The second-order valence-electron chi connectivity index (χ2n) is 15.8. The van der Waals surface area contributed by atoms with Crippen LogP contribution in [-0.2, 0) is 37.9 Å². The molecule has 0 fully saturated rings. The van der Waals surface area contributed by atoms with Gasteiger partial charge in [-0.05, 0) is 97.7 Å². The molecule has 0 aliphatic carbocycles. The summed E-state index contributed by atoms with van der Waals surface area (Å²) in [6, 6.07) is 22.5. The van der Waals surface area contributed by atoms with Gasteiger partial charge < -0.3 is 9.47 Å². The summed E-state index contributed by atoms with van der Waals surface area (Å²) in [6.07, 6.45) is 12.1. The van der Waals surface area contributed by atoms with Gasteiger partial charge in [-0.3, -0.25) is 14.2 Å². The van der Waals surface area contributed by atoms with E-state index in [0.717, 1.165) is 32.3 Å². The van der Waals surface area contributed by atoms with Crippen molar-refractivity contribution >= 4 is 26.9 Å². The highest BCUT2D eigenvalue weighted by Crippen LogP contribution is 2.39. The van der Waals surface area contributed by atoms with E-state index in [4.69, 9.17) is 9.47 Å². The van der Waals surface area contributed by atoms with Crippen LogP contribution in [-0.4, -0.2) is 44.5 Å². The van der Waals surface area contributed by atoms with E-state index in [9.17, 15) is 13.2 Å². The standard InChI is InChI=1S/C49H49F2N5O5S/c1-7-11-44(35-13-10-12-34(27-35)16-21-47(57)60-9-3)56-45(22-25-52-56)40-28-37(17-20-42(40)50)61-48-41(32-54-31-36(30-53-54)49(5,6)24-8-2)39-23-26-55(46(39)29-43(48)51)62(58,59)38-18-14-33(4)15-19-38/h7-8,10,12-15,17-20,22-23,25-31,44H,1-2,9,11,16,21,24,32H2,3-6H3. The van der Waals surface area contributed by atoms with Crippen LogP contribution in [0.25, 0.3) is 22.2 Å². The molecule has 0 N–H and O–H groups in total. The second-order valence-corrected chi connectivity index (χ2v) is 17.6. The molecule has 3 aromatic heterocycles. The third-order valence-electron chi connectivity index (χ3n) is 11.0. The third-order valence-corrected chi connectivity index (χ3v) is 12.7. The molecular weight excluding hydrogens is 809 g/mol. The Balaban J connectivity index is 1.29. The maximum Gasteiger partial charge on any atom is 0.306 e. The van der Waals surface area contributed by atoms with Gasteiger partial charge in [-0.2, -0.15) is 10.2 Å². The van der Waals surface area contributed by atoms with Crippen molar-refractivity contribution in [1.82, 2.24) is 23.5 Å². The number of hydrogen-bond donors (Lipinski definition) is 0. The quantitative estimate of drug-likeness (QED) is 0.0624. The van der Waals surface area contributed by atoms with Crippen LogP contribution < -0.4 is 4.74 Å². The van der Waals surface area contributed by atoms with Gasteiger partial charge in [0.25, 0.3) is 10.0 Å². The van der Waals surface area contributed by atoms with Crippen molar-refractivity contribution in [3.8, 4) is 22.8 Å². The third kappa shape index (κ3) is 9.03. The summed E-state index contributed by atoms with van der Waals surface area (Å²) >= 11 is 0. The van der Waals surface area contributed by atoms with E-state index in [1.165, 1.54) is 36.5 Å². The van der Waals surface area contributed by atoms with Gasteiger partial charge in [0.1, 0.15) is 11.6 Å². The molecule has 4 aromatic carbocycles. The molecule has 0 aliphatic heterocycles. The van der Waals surface area contributed by atoms with Gasteiger partial charge in [0.2, 0.25) is 0 Å². The first-order chi connectivity index (χ1) is 29.7. The Bertz CT molecular complexity index is 2880. The molecule has 0 aliphatic rings. The van der Waals surface area contributed by atoms with Gasteiger partial charge in [-0.25, -0.2) is 21.2 Å². The highest BCUT2D eigenvalue weighted by atomic mass is 32.2. The van der Waals surface area contributed by atoms with Gasteiger partial charge in [0, 0.05) is 47.6 Å². The van der Waals surface area contributed by atoms with Crippen LogP contribution in [0.5, 0.6) is 11.5 Å². The van der Waals surface area contributed by atoms with Crippen molar-refractivity contribution in [3.05, 3.63) is 174 Å². The van der Waals surface area contributed by atoms with E-state index in [-0.39, 0.29) is 57.9 Å². The number of fused-ring (bicyclic) bond motifs is 1. The molecule has 0 radical (unpaired) electrons. The van der Waals surface area contributed by atoms with Crippen molar-refractivity contribution in [2.24, 2.45) is 0 Å². The van der Waals surface area contributed by atoms with Gasteiger partial charge >= 0.3 is 5.97 Å². The molecule has 1 atom stereocenters. The van der Waals surface area contributed by atoms with E-state index >= 15 is 8.78 Å². The number of halogens is 2. The average Bonchev–Trinajstić information content (AvgIpc) is 4.03. The normalized spacial score (nSPS) is 12.4. The van der Waals surface area contributed by atoms with E-state index in [0.29, 0.717) is 42.5 Å². The number of rotatable bonds is 18.